The number of hydrazine groups is 1. The molecule has 2 rings (SSSR count). The highest BCUT2D eigenvalue weighted by molar-refractivity contribution is 7.89. The molecule has 0 saturated carbocycles. The van der Waals surface area contributed by atoms with Crippen molar-refractivity contribution in [3.63, 3.8) is 0 Å². The monoisotopic (exact) mass is 273 g/mol. The molecule has 0 bridgehead atoms. The molecule has 0 atom stereocenters. The molecule has 0 aliphatic carbocycles. The fourth-order valence-electron chi connectivity index (χ4n) is 1.94. The number of hydrogen-bond acceptors (Lipinski definition) is 4. The lowest BCUT2D eigenvalue weighted by Crippen LogP contribution is -2.35. The van der Waals surface area contributed by atoms with Crippen molar-refractivity contribution in [3.05, 3.63) is 24.0 Å². The van der Waals surface area contributed by atoms with Crippen molar-refractivity contribution in [2.45, 2.75) is 24.2 Å². The molecular weight excluding hydrogens is 257 g/mol. The number of primary sulfonamides is 1. The van der Waals surface area contributed by atoms with Crippen LogP contribution in [0.25, 0.3) is 0 Å². The highest BCUT2D eigenvalue weighted by Gasteiger charge is 2.14. The molecule has 18 heavy (non-hydrogen) atoms. The summed E-state index contributed by atoms with van der Waals surface area (Å²) in [5.74, 6) is -0.618. The lowest BCUT2D eigenvalue weighted by atomic mass is 10.2. The summed E-state index contributed by atoms with van der Waals surface area (Å²) in [4.78, 5) is -0.218. The Hall–Kier alpha value is -1.18. The predicted molar refractivity (Wildman–Crippen MR) is 66.8 cm³/mol. The first-order valence-electron chi connectivity index (χ1n) is 5.81. The van der Waals surface area contributed by atoms with Gasteiger partial charge in [0.05, 0.1) is 10.6 Å². The van der Waals surface area contributed by atoms with Crippen molar-refractivity contribution < 1.29 is 12.8 Å². The number of rotatable bonds is 3. The highest BCUT2D eigenvalue weighted by Crippen LogP contribution is 2.20. The van der Waals surface area contributed by atoms with Gasteiger partial charge in [-0.3, -0.25) is 0 Å². The van der Waals surface area contributed by atoms with Crippen LogP contribution in [-0.4, -0.2) is 26.5 Å². The predicted octanol–water partition coefficient (Wildman–Crippen LogP) is 1.29. The van der Waals surface area contributed by atoms with Gasteiger partial charge in [0.15, 0.2) is 0 Å². The van der Waals surface area contributed by atoms with Gasteiger partial charge in [0.1, 0.15) is 5.82 Å². The lowest BCUT2D eigenvalue weighted by Gasteiger charge is -2.28. The Balaban J connectivity index is 2.14. The van der Waals surface area contributed by atoms with E-state index >= 15 is 0 Å². The first-order valence-corrected chi connectivity index (χ1v) is 7.35. The Morgan fingerprint density at radius 1 is 1.22 bits per heavy atom. The minimum atomic E-state index is -3.86. The van der Waals surface area contributed by atoms with Gasteiger partial charge >= 0.3 is 0 Å². The number of hydrogen-bond donors (Lipinski definition) is 2. The summed E-state index contributed by atoms with van der Waals surface area (Å²) in [6.07, 6.45) is 3.33. The van der Waals surface area contributed by atoms with E-state index in [9.17, 15) is 12.8 Å². The van der Waals surface area contributed by atoms with Crippen LogP contribution in [0.5, 0.6) is 0 Å². The molecule has 0 amide bonds. The Labute approximate surface area is 106 Å². The van der Waals surface area contributed by atoms with E-state index in [1.807, 2.05) is 5.01 Å². The van der Waals surface area contributed by atoms with E-state index < -0.39 is 15.8 Å². The van der Waals surface area contributed by atoms with Crippen LogP contribution in [0, 0.1) is 5.82 Å². The van der Waals surface area contributed by atoms with E-state index in [1.165, 1.54) is 18.6 Å². The molecule has 1 aromatic rings. The van der Waals surface area contributed by atoms with Crippen LogP contribution in [0.1, 0.15) is 19.3 Å². The molecule has 0 spiro atoms. The number of nitrogens with zero attached hydrogens (tertiary/aromatic N) is 1. The van der Waals surface area contributed by atoms with Gasteiger partial charge in [0.25, 0.3) is 0 Å². The minimum absolute atomic E-state index is 0.218. The second kappa shape index (κ2) is 5.21. The SMILES string of the molecule is NS(=O)(=O)c1ccc(NN2CCCCC2)c(F)c1. The minimum Gasteiger partial charge on any atom is -0.316 e. The molecule has 1 saturated heterocycles. The number of nitrogens with two attached hydrogens (primary N) is 1. The van der Waals surface area contributed by atoms with Crippen molar-refractivity contribution in [2.24, 2.45) is 5.14 Å². The number of halogens is 1. The molecule has 0 unspecified atom stereocenters. The standard InChI is InChI=1S/C11H16FN3O2S/c12-10-8-9(18(13,16)17)4-5-11(10)14-15-6-2-1-3-7-15/h4-5,8,14H,1-3,6-7H2,(H2,13,16,17). The lowest BCUT2D eigenvalue weighted by molar-refractivity contribution is 0.272. The van der Waals surface area contributed by atoms with E-state index in [1.54, 1.807) is 0 Å². The Morgan fingerprint density at radius 3 is 2.44 bits per heavy atom. The highest BCUT2D eigenvalue weighted by atomic mass is 32.2. The summed E-state index contributed by atoms with van der Waals surface area (Å²) in [6.45, 7) is 1.72. The van der Waals surface area contributed by atoms with E-state index in [2.05, 4.69) is 5.43 Å². The van der Waals surface area contributed by atoms with Crippen LogP contribution in [0.15, 0.2) is 23.1 Å². The maximum Gasteiger partial charge on any atom is 0.238 e. The van der Waals surface area contributed by atoms with Gasteiger partial charge in [-0.25, -0.2) is 23.0 Å². The van der Waals surface area contributed by atoms with Crippen LogP contribution in [0.3, 0.4) is 0 Å². The first-order chi connectivity index (χ1) is 8.47. The molecule has 5 nitrogen and oxygen atoms in total. The third-order valence-corrected chi connectivity index (χ3v) is 3.81. The molecule has 1 aliphatic rings. The average Bonchev–Trinajstić information content (AvgIpc) is 2.32. The maximum atomic E-state index is 13.7. The van der Waals surface area contributed by atoms with E-state index in [4.69, 9.17) is 5.14 Å². The van der Waals surface area contributed by atoms with Gasteiger partial charge in [-0.2, -0.15) is 0 Å². The van der Waals surface area contributed by atoms with Gasteiger partial charge in [-0.05, 0) is 31.0 Å². The zero-order valence-corrected chi connectivity index (χ0v) is 10.7. The van der Waals surface area contributed by atoms with E-state index in [0.717, 1.165) is 32.0 Å². The fourth-order valence-corrected chi connectivity index (χ4v) is 2.46. The molecule has 1 aliphatic heterocycles. The second-order valence-corrected chi connectivity index (χ2v) is 5.91. The number of anilines is 1. The maximum absolute atomic E-state index is 13.7. The molecule has 3 N–H and O–H groups in total. The third kappa shape index (κ3) is 3.18. The summed E-state index contributed by atoms with van der Waals surface area (Å²) in [5.41, 5.74) is 3.22. The molecule has 1 fully saturated rings. The van der Waals surface area contributed by atoms with Gasteiger partial charge in [-0.1, -0.05) is 6.42 Å². The van der Waals surface area contributed by atoms with Crippen molar-refractivity contribution in [2.75, 3.05) is 18.5 Å². The summed E-state index contributed by atoms with van der Waals surface area (Å²) in [6, 6.07) is 3.62. The zero-order valence-electron chi connectivity index (χ0n) is 9.89. The van der Waals surface area contributed by atoms with Crippen LogP contribution < -0.4 is 10.6 Å². The summed E-state index contributed by atoms with van der Waals surface area (Å²) >= 11 is 0. The third-order valence-electron chi connectivity index (χ3n) is 2.90. The topological polar surface area (TPSA) is 75.4 Å². The largest absolute Gasteiger partial charge is 0.316 e. The summed E-state index contributed by atoms with van der Waals surface area (Å²) < 4.78 is 35.9. The van der Waals surface area contributed by atoms with E-state index in [-0.39, 0.29) is 10.6 Å². The van der Waals surface area contributed by atoms with Gasteiger partial charge in [-0.15, -0.1) is 0 Å². The molecule has 1 aromatic carbocycles. The zero-order chi connectivity index (χ0) is 13.2. The normalized spacial score (nSPS) is 17.7. The summed E-state index contributed by atoms with van der Waals surface area (Å²) in [7, 11) is -3.86. The van der Waals surface area contributed by atoms with Gasteiger partial charge < -0.3 is 5.43 Å². The molecule has 1 heterocycles. The summed E-state index contributed by atoms with van der Waals surface area (Å²) in [5, 5.41) is 6.86. The van der Waals surface area contributed by atoms with Crippen molar-refractivity contribution in [1.29, 1.82) is 0 Å². The van der Waals surface area contributed by atoms with Crippen LogP contribution >= 0.6 is 0 Å². The smallest absolute Gasteiger partial charge is 0.238 e. The van der Waals surface area contributed by atoms with Crippen molar-refractivity contribution in [3.8, 4) is 0 Å². The average molecular weight is 273 g/mol. The number of sulfonamides is 1. The molecule has 7 heteroatoms. The van der Waals surface area contributed by atoms with Gasteiger partial charge in [0.2, 0.25) is 10.0 Å². The van der Waals surface area contributed by atoms with E-state index in [0.29, 0.717) is 0 Å². The number of nitrogens with one attached hydrogen (secondary N) is 1. The Kier molecular flexibility index (Phi) is 3.84. The molecule has 0 radical (unpaired) electrons. The first kappa shape index (κ1) is 13.3. The van der Waals surface area contributed by atoms with Crippen LogP contribution in [0.2, 0.25) is 0 Å². The van der Waals surface area contributed by atoms with Crippen LogP contribution in [0.4, 0.5) is 10.1 Å². The van der Waals surface area contributed by atoms with Crippen LogP contribution in [-0.2, 0) is 10.0 Å². The van der Waals surface area contributed by atoms with Crippen molar-refractivity contribution >= 4 is 15.7 Å². The quantitative estimate of drug-likeness (QED) is 0.870. The number of benzene rings is 1. The Bertz CT molecular complexity index is 527. The number of piperidine rings is 1. The second-order valence-electron chi connectivity index (χ2n) is 4.35. The van der Waals surface area contributed by atoms with Crippen molar-refractivity contribution in [1.82, 2.24) is 5.01 Å². The molecular formula is C11H16FN3O2S. The molecule has 100 valence electrons. The fraction of sp³-hybridized carbons (Fsp3) is 0.455. The van der Waals surface area contributed by atoms with Gasteiger partial charge in [0, 0.05) is 13.1 Å². The molecule has 0 aromatic heterocycles. The Morgan fingerprint density at radius 2 is 1.89 bits per heavy atom.